The molecule has 1 aliphatic rings. The molecule has 1 atom stereocenters. The molecule has 0 bridgehead atoms. The highest BCUT2D eigenvalue weighted by atomic mass is 19.3. The molecule has 0 radical (unpaired) electrons. The van der Waals surface area contributed by atoms with Gasteiger partial charge in [-0.1, -0.05) is 48.5 Å². The van der Waals surface area contributed by atoms with Crippen molar-refractivity contribution < 1.29 is 22.7 Å². The Bertz CT molecular complexity index is 1160. The van der Waals surface area contributed by atoms with Crippen LogP contribution in [0, 0.1) is 5.82 Å². The number of ether oxygens (including phenoxy) is 1. The molecule has 35 heavy (non-hydrogen) atoms. The molecule has 8 heteroatoms. The minimum Gasteiger partial charge on any atom is -0.469 e. The van der Waals surface area contributed by atoms with E-state index in [0.717, 1.165) is 36.5 Å². The number of halogens is 3. The Morgan fingerprint density at radius 1 is 1.06 bits per heavy atom. The zero-order chi connectivity index (χ0) is 25.0. The Hall–Kier alpha value is -3.42. The standard InChI is InChI=1S/C27H28F3N3O2/c1-27(29,30)21-12-10-20(11-13-21)23-4-3-15-33(23)26-25(28)22(31-17-32-26)14-9-18-5-7-19(8-6-18)16-24(34)35-2/h5-8,10-13,17,23H,3-4,9,14-16H2,1-2H3. The molecule has 5 nitrogen and oxygen atoms in total. The molecule has 0 spiro atoms. The molecule has 1 fully saturated rings. The average Bonchev–Trinajstić information content (AvgIpc) is 3.33. The average molecular weight is 484 g/mol. The third-order valence-corrected chi connectivity index (χ3v) is 6.42. The van der Waals surface area contributed by atoms with E-state index in [4.69, 9.17) is 0 Å². The maximum atomic E-state index is 15.5. The monoisotopic (exact) mass is 483 g/mol. The van der Waals surface area contributed by atoms with Crippen LogP contribution in [0.5, 0.6) is 0 Å². The predicted molar refractivity (Wildman–Crippen MR) is 127 cm³/mol. The van der Waals surface area contributed by atoms with E-state index in [1.807, 2.05) is 29.2 Å². The fraction of sp³-hybridized carbons (Fsp3) is 0.370. The van der Waals surface area contributed by atoms with Crippen molar-refractivity contribution in [1.29, 1.82) is 0 Å². The number of esters is 1. The second-order valence-electron chi connectivity index (χ2n) is 8.89. The molecule has 3 aromatic rings. The van der Waals surface area contributed by atoms with Crippen molar-refractivity contribution in [2.75, 3.05) is 18.6 Å². The first kappa shape index (κ1) is 24.7. The number of carbonyl (C=O) groups excluding carboxylic acids is 1. The molecule has 0 amide bonds. The number of alkyl halides is 2. The number of carbonyl (C=O) groups is 1. The predicted octanol–water partition coefficient (Wildman–Crippen LogP) is 5.57. The van der Waals surface area contributed by atoms with Gasteiger partial charge in [0.25, 0.3) is 5.92 Å². The maximum absolute atomic E-state index is 15.5. The Balaban J connectivity index is 1.47. The fourth-order valence-electron chi connectivity index (χ4n) is 4.46. The summed E-state index contributed by atoms with van der Waals surface area (Å²) >= 11 is 0. The quantitative estimate of drug-likeness (QED) is 0.392. The minimum atomic E-state index is -2.90. The first-order valence-corrected chi connectivity index (χ1v) is 11.6. The highest BCUT2D eigenvalue weighted by Gasteiger charge is 2.31. The number of methoxy groups -OCH3 is 1. The normalized spacial score (nSPS) is 15.9. The van der Waals surface area contributed by atoms with Crippen LogP contribution in [0.4, 0.5) is 19.0 Å². The van der Waals surface area contributed by atoms with E-state index in [0.29, 0.717) is 25.1 Å². The zero-order valence-electron chi connectivity index (χ0n) is 19.8. The van der Waals surface area contributed by atoms with Gasteiger partial charge in [-0.25, -0.2) is 23.1 Å². The van der Waals surface area contributed by atoms with E-state index >= 15 is 4.39 Å². The van der Waals surface area contributed by atoms with Crippen molar-refractivity contribution in [3.8, 4) is 0 Å². The summed E-state index contributed by atoms with van der Waals surface area (Å²) in [4.78, 5) is 21.7. The molecule has 2 aromatic carbocycles. The first-order chi connectivity index (χ1) is 16.8. The summed E-state index contributed by atoms with van der Waals surface area (Å²) in [6.07, 6.45) is 4.22. The van der Waals surface area contributed by atoms with Crippen molar-refractivity contribution in [2.45, 2.75) is 51.0 Å². The molecular weight excluding hydrogens is 455 g/mol. The van der Waals surface area contributed by atoms with Crippen molar-refractivity contribution in [2.24, 2.45) is 0 Å². The van der Waals surface area contributed by atoms with Crippen LogP contribution < -0.4 is 4.90 Å². The smallest absolute Gasteiger partial charge is 0.309 e. The second kappa shape index (κ2) is 10.5. The third kappa shape index (κ3) is 5.81. The third-order valence-electron chi connectivity index (χ3n) is 6.42. The number of benzene rings is 2. The van der Waals surface area contributed by atoms with Gasteiger partial charge >= 0.3 is 5.97 Å². The number of aromatic nitrogens is 2. The lowest BCUT2D eigenvalue weighted by Gasteiger charge is -2.27. The molecule has 1 saturated heterocycles. The minimum absolute atomic E-state index is 0.0420. The summed E-state index contributed by atoms with van der Waals surface area (Å²) in [6, 6.07) is 13.7. The van der Waals surface area contributed by atoms with Crippen LogP contribution in [0.15, 0.2) is 54.9 Å². The second-order valence-corrected chi connectivity index (χ2v) is 8.89. The van der Waals surface area contributed by atoms with Gasteiger partial charge in [-0.15, -0.1) is 0 Å². The summed E-state index contributed by atoms with van der Waals surface area (Å²) in [5.74, 6) is -3.40. The molecule has 0 N–H and O–H groups in total. The Morgan fingerprint density at radius 2 is 1.74 bits per heavy atom. The van der Waals surface area contributed by atoms with Crippen LogP contribution in [0.1, 0.15) is 53.8 Å². The molecule has 1 unspecified atom stereocenters. The Morgan fingerprint density at radius 3 is 2.40 bits per heavy atom. The number of nitrogens with zero attached hydrogens (tertiary/aromatic N) is 3. The topological polar surface area (TPSA) is 55.3 Å². The molecular formula is C27H28F3N3O2. The largest absolute Gasteiger partial charge is 0.469 e. The number of aryl methyl sites for hydroxylation is 2. The van der Waals surface area contributed by atoms with Gasteiger partial charge in [-0.3, -0.25) is 4.79 Å². The molecule has 0 saturated carbocycles. The van der Waals surface area contributed by atoms with Crippen LogP contribution >= 0.6 is 0 Å². The van der Waals surface area contributed by atoms with Crippen LogP contribution in [0.2, 0.25) is 0 Å². The molecule has 2 heterocycles. The molecule has 4 rings (SSSR count). The van der Waals surface area contributed by atoms with Crippen LogP contribution in [-0.4, -0.2) is 29.6 Å². The summed E-state index contributed by atoms with van der Waals surface area (Å²) in [6.45, 7) is 1.50. The number of anilines is 1. The van der Waals surface area contributed by atoms with E-state index in [1.54, 1.807) is 12.1 Å². The maximum Gasteiger partial charge on any atom is 0.309 e. The van der Waals surface area contributed by atoms with Crippen LogP contribution in [0.25, 0.3) is 0 Å². The lowest BCUT2D eigenvalue weighted by Crippen LogP contribution is -2.25. The van der Waals surface area contributed by atoms with Crippen LogP contribution in [0.3, 0.4) is 0 Å². The van der Waals surface area contributed by atoms with E-state index in [2.05, 4.69) is 14.7 Å². The molecule has 1 aliphatic heterocycles. The van der Waals surface area contributed by atoms with Gasteiger partial charge in [0.05, 0.1) is 25.3 Å². The summed E-state index contributed by atoms with van der Waals surface area (Å²) in [5.41, 5.74) is 3.01. The molecule has 1 aromatic heterocycles. The van der Waals surface area contributed by atoms with Crippen molar-refractivity contribution in [3.63, 3.8) is 0 Å². The SMILES string of the molecule is COC(=O)Cc1ccc(CCc2ncnc(N3CCCC3c3ccc(C(C)(F)F)cc3)c2F)cc1. The summed E-state index contributed by atoms with van der Waals surface area (Å²) < 4.78 is 47.3. The van der Waals surface area contributed by atoms with Crippen LogP contribution in [-0.2, 0) is 34.7 Å². The first-order valence-electron chi connectivity index (χ1n) is 11.6. The van der Waals surface area contributed by atoms with Gasteiger partial charge in [-0.05, 0) is 42.4 Å². The Kier molecular flexibility index (Phi) is 7.38. The Labute approximate surface area is 203 Å². The zero-order valence-corrected chi connectivity index (χ0v) is 19.8. The number of hydrogen-bond donors (Lipinski definition) is 0. The lowest BCUT2D eigenvalue weighted by atomic mass is 10.0. The lowest BCUT2D eigenvalue weighted by molar-refractivity contribution is -0.139. The van der Waals surface area contributed by atoms with Gasteiger partial charge in [0.15, 0.2) is 11.6 Å². The van der Waals surface area contributed by atoms with Gasteiger partial charge in [0.2, 0.25) is 0 Å². The van der Waals surface area contributed by atoms with E-state index in [1.165, 1.54) is 25.6 Å². The highest BCUT2D eigenvalue weighted by molar-refractivity contribution is 5.72. The van der Waals surface area contributed by atoms with Gasteiger partial charge < -0.3 is 9.64 Å². The van der Waals surface area contributed by atoms with Crippen molar-refractivity contribution in [3.05, 3.63) is 88.6 Å². The molecule has 0 aliphatic carbocycles. The van der Waals surface area contributed by atoms with Gasteiger partial charge in [0, 0.05) is 19.0 Å². The van der Waals surface area contributed by atoms with E-state index in [-0.39, 0.29) is 29.8 Å². The van der Waals surface area contributed by atoms with Gasteiger partial charge in [-0.2, -0.15) is 0 Å². The fourth-order valence-corrected chi connectivity index (χ4v) is 4.46. The van der Waals surface area contributed by atoms with Crippen molar-refractivity contribution >= 4 is 11.8 Å². The highest BCUT2D eigenvalue weighted by Crippen LogP contribution is 2.37. The van der Waals surface area contributed by atoms with Gasteiger partial charge in [0.1, 0.15) is 6.33 Å². The summed E-state index contributed by atoms with van der Waals surface area (Å²) in [5, 5.41) is 0. The number of hydrogen-bond acceptors (Lipinski definition) is 5. The molecule has 184 valence electrons. The van der Waals surface area contributed by atoms with E-state index < -0.39 is 11.7 Å². The number of rotatable bonds is 8. The summed E-state index contributed by atoms with van der Waals surface area (Å²) in [7, 11) is 1.36. The van der Waals surface area contributed by atoms with Crippen molar-refractivity contribution in [1.82, 2.24) is 9.97 Å². The van der Waals surface area contributed by atoms with E-state index in [9.17, 15) is 13.6 Å².